The maximum Gasteiger partial charge on any atom is 0.257 e. The van der Waals surface area contributed by atoms with Gasteiger partial charge in [0.2, 0.25) is 0 Å². The van der Waals surface area contributed by atoms with Crippen LogP contribution in [0, 0.1) is 13.8 Å². The summed E-state index contributed by atoms with van der Waals surface area (Å²) >= 11 is 0. The van der Waals surface area contributed by atoms with Gasteiger partial charge in [0.05, 0.1) is 5.56 Å². The molecule has 3 rings (SSSR count). The zero-order valence-electron chi connectivity index (χ0n) is 13.3. The largest absolute Gasteiger partial charge is 0.466 e. The highest BCUT2D eigenvalue weighted by Gasteiger charge is 2.24. The molecular formula is C17H21N3O2. The fourth-order valence-electron chi connectivity index (χ4n) is 3.12. The number of hydrogen-bond donors (Lipinski definition) is 0. The zero-order chi connectivity index (χ0) is 15.7. The average Bonchev–Trinajstić information content (AvgIpc) is 2.73. The fraction of sp³-hybridized carbons (Fsp3) is 0.471. The number of nitrogens with zero attached hydrogens (tertiary/aromatic N) is 3. The summed E-state index contributed by atoms with van der Waals surface area (Å²) in [6.07, 6.45) is 4.14. The topological polar surface area (TPSA) is 59.2 Å². The number of carbonyl (C=O) groups is 1. The van der Waals surface area contributed by atoms with Crippen LogP contribution in [0.1, 0.15) is 45.8 Å². The highest BCUT2D eigenvalue weighted by Crippen LogP contribution is 2.20. The van der Waals surface area contributed by atoms with E-state index in [1.54, 1.807) is 6.33 Å². The zero-order valence-corrected chi connectivity index (χ0v) is 13.3. The van der Waals surface area contributed by atoms with Gasteiger partial charge in [0, 0.05) is 30.9 Å². The van der Waals surface area contributed by atoms with Gasteiger partial charge in [0.25, 0.3) is 5.91 Å². The molecule has 116 valence electrons. The monoisotopic (exact) mass is 299 g/mol. The second-order valence-corrected chi connectivity index (χ2v) is 5.72. The van der Waals surface area contributed by atoms with Gasteiger partial charge in [-0.25, -0.2) is 9.97 Å². The molecule has 0 atom stereocenters. The standard InChI is InChI=1S/C17H21N3O2/c1-4-15-13-5-7-20(8-6-16(13)19-10-18-15)17(21)14-9-11(2)22-12(14)3/h9-10H,4-8H2,1-3H3. The van der Waals surface area contributed by atoms with Crippen LogP contribution in [-0.2, 0) is 19.3 Å². The summed E-state index contributed by atoms with van der Waals surface area (Å²) in [5, 5.41) is 0. The van der Waals surface area contributed by atoms with Crippen LogP contribution < -0.4 is 0 Å². The van der Waals surface area contributed by atoms with Crippen molar-refractivity contribution < 1.29 is 9.21 Å². The molecule has 0 aliphatic carbocycles. The molecule has 0 N–H and O–H groups in total. The molecule has 2 aromatic rings. The van der Waals surface area contributed by atoms with Gasteiger partial charge in [-0.1, -0.05) is 6.92 Å². The second-order valence-electron chi connectivity index (χ2n) is 5.72. The van der Waals surface area contributed by atoms with Crippen LogP contribution in [0.4, 0.5) is 0 Å². The third-order valence-electron chi connectivity index (χ3n) is 4.27. The van der Waals surface area contributed by atoms with Crippen LogP contribution in [-0.4, -0.2) is 33.9 Å². The Hall–Kier alpha value is -2.17. The van der Waals surface area contributed by atoms with Crippen LogP contribution >= 0.6 is 0 Å². The first kappa shape index (κ1) is 14.8. The first-order valence-corrected chi connectivity index (χ1v) is 7.78. The molecule has 0 spiro atoms. The summed E-state index contributed by atoms with van der Waals surface area (Å²) in [6, 6.07) is 1.83. The number of hydrogen-bond acceptors (Lipinski definition) is 4. The van der Waals surface area contributed by atoms with E-state index < -0.39 is 0 Å². The molecule has 0 radical (unpaired) electrons. The quantitative estimate of drug-likeness (QED) is 0.855. The number of carbonyl (C=O) groups excluding carboxylic acids is 1. The molecule has 5 nitrogen and oxygen atoms in total. The number of aryl methyl sites for hydroxylation is 3. The third kappa shape index (κ3) is 2.63. The van der Waals surface area contributed by atoms with Crippen molar-refractivity contribution in [2.24, 2.45) is 0 Å². The van der Waals surface area contributed by atoms with Crippen LogP contribution in [0.25, 0.3) is 0 Å². The summed E-state index contributed by atoms with van der Waals surface area (Å²) in [4.78, 5) is 23.4. The molecule has 5 heteroatoms. The Kier molecular flexibility index (Phi) is 3.96. The highest BCUT2D eigenvalue weighted by molar-refractivity contribution is 5.95. The molecule has 0 bridgehead atoms. The lowest BCUT2D eigenvalue weighted by Gasteiger charge is -2.19. The Morgan fingerprint density at radius 2 is 2.05 bits per heavy atom. The van der Waals surface area contributed by atoms with Gasteiger partial charge in [0.15, 0.2) is 0 Å². The van der Waals surface area contributed by atoms with Gasteiger partial charge in [-0.3, -0.25) is 4.79 Å². The van der Waals surface area contributed by atoms with Crippen molar-refractivity contribution in [3.05, 3.63) is 46.4 Å². The van der Waals surface area contributed by atoms with Crippen LogP contribution in [0.15, 0.2) is 16.8 Å². The molecule has 1 aliphatic rings. The van der Waals surface area contributed by atoms with Gasteiger partial charge < -0.3 is 9.32 Å². The lowest BCUT2D eigenvalue weighted by Crippen LogP contribution is -2.33. The van der Waals surface area contributed by atoms with E-state index >= 15 is 0 Å². The second kappa shape index (κ2) is 5.91. The van der Waals surface area contributed by atoms with E-state index in [9.17, 15) is 4.79 Å². The first-order valence-electron chi connectivity index (χ1n) is 7.78. The van der Waals surface area contributed by atoms with Crippen molar-refractivity contribution in [3.8, 4) is 0 Å². The van der Waals surface area contributed by atoms with Crippen LogP contribution in [0.5, 0.6) is 0 Å². The highest BCUT2D eigenvalue weighted by atomic mass is 16.3. The lowest BCUT2D eigenvalue weighted by molar-refractivity contribution is 0.0761. The molecule has 0 saturated heterocycles. The molecule has 0 aromatic carbocycles. The van der Waals surface area contributed by atoms with E-state index in [0.717, 1.165) is 36.4 Å². The van der Waals surface area contributed by atoms with Crippen molar-refractivity contribution in [3.63, 3.8) is 0 Å². The van der Waals surface area contributed by atoms with Crippen molar-refractivity contribution in [2.45, 2.75) is 40.0 Å². The molecule has 1 amide bonds. The van der Waals surface area contributed by atoms with E-state index in [2.05, 4.69) is 16.9 Å². The van der Waals surface area contributed by atoms with Gasteiger partial charge >= 0.3 is 0 Å². The van der Waals surface area contributed by atoms with E-state index in [-0.39, 0.29) is 5.91 Å². The Labute approximate surface area is 130 Å². The summed E-state index contributed by atoms with van der Waals surface area (Å²) in [5.74, 6) is 1.52. The van der Waals surface area contributed by atoms with E-state index in [1.165, 1.54) is 5.56 Å². The molecule has 1 aliphatic heterocycles. The molecule has 0 saturated carbocycles. The first-order chi connectivity index (χ1) is 10.6. The predicted molar refractivity (Wildman–Crippen MR) is 82.9 cm³/mol. The number of amides is 1. The SMILES string of the molecule is CCc1ncnc2c1CCN(C(=O)c1cc(C)oc1C)CC2. The summed E-state index contributed by atoms with van der Waals surface area (Å²) in [6.45, 7) is 7.21. The lowest BCUT2D eigenvalue weighted by atomic mass is 10.1. The maximum absolute atomic E-state index is 12.7. The molecule has 2 aromatic heterocycles. The summed E-state index contributed by atoms with van der Waals surface area (Å²) in [5.41, 5.74) is 4.09. The van der Waals surface area contributed by atoms with E-state index in [4.69, 9.17) is 4.42 Å². The van der Waals surface area contributed by atoms with Gasteiger partial charge in [-0.2, -0.15) is 0 Å². The molecular weight excluding hydrogens is 278 g/mol. The number of fused-ring (bicyclic) bond motifs is 1. The summed E-state index contributed by atoms with van der Waals surface area (Å²) in [7, 11) is 0. The van der Waals surface area contributed by atoms with Crippen molar-refractivity contribution in [2.75, 3.05) is 13.1 Å². The maximum atomic E-state index is 12.7. The van der Waals surface area contributed by atoms with Gasteiger partial charge in [-0.05, 0) is 38.3 Å². The van der Waals surface area contributed by atoms with Crippen LogP contribution in [0.3, 0.4) is 0 Å². The smallest absolute Gasteiger partial charge is 0.257 e. The molecule has 3 heterocycles. The Bertz CT molecular complexity index is 706. The number of rotatable bonds is 2. The van der Waals surface area contributed by atoms with Crippen molar-refractivity contribution >= 4 is 5.91 Å². The predicted octanol–water partition coefficient (Wildman–Crippen LogP) is 2.49. The minimum atomic E-state index is 0.0492. The third-order valence-corrected chi connectivity index (χ3v) is 4.27. The number of furan rings is 1. The number of aromatic nitrogens is 2. The average molecular weight is 299 g/mol. The van der Waals surface area contributed by atoms with Gasteiger partial charge in [-0.15, -0.1) is 0 Å². The van der Waals surface area contributed by atoms with E-state index in [0.29, 0.717) is 24.4 Å². The Morgan fingerprint density at radius 1 is 1.27 bits per heavy atom. The van der Waals surface area contributed by atoms with Gasteiger partial charge in [0.1, 0.15) is 17.8 Å². The van der Waals surface area contributed by atoms with Crippen LogP contribution in [0.2, 0.25) is 0 Å². The molecule has 0 unspecified atom stereocenters. The summed E-state index contributed by atoms with van der Waals surface area (Å²) < 4.78 is 5.49. The Balaban J connectivity index is 1.82. The van der Waals surface area contributed by atoms with Crippen molar-refractivity contribution in [1.82, 2.24) is 14.9 Å². The van der Waals surface area contributed by atoms with E-state index in [1.807, 2.05) is 24.8 Å². The fourth-order valence-corrected chi connectivity index (χ4v) is 3.12. The van der Waals surface area contributed by atoms with Crippen molar-refractivity contribution in [1.29, 1.82) is 0 Å². The minimum Gasteiger partial charge on any atom is -0.466 e. The molecule has 22 heavy (non-hydrogen) atoms. The molecule has 0 fully saturated rings. The normalized spacial score (nSPS) is 14.6. The minimum absolute atomic E-state index is 0.0492. The Morgan fingerprint density at radius 3 is 2.73 bits per heavy atom.